The van der Waals surface area contributed by atoms with Gasteiger partial charge in [0.15, 0.2) is 6.10 Å². The van der Waals surface area contributed by atoms with Gasteiger partial charge < -0.3 is 10.2 Å². The predicted molar refractivity (Wildman–Crippen MR) is 105 cm³/mol. The van der Waals surface area contributed by atoms with Crippen molar-refractivity contribution in [3.8, 4) is 0 Å². The Labute approximate surface area is 160 Å². The summed E-state index contributed by atoms with van der Waals surface area (Å²) in [5, 5.41) is 8.60. The van der Waals surface area contributed by atoms with Crippen LogP contribution in [0.15, 0.2) is 47.6 Å². The van der Waals surface area contributed by atoms with E-state index in [-0.39, 0.29) is 17.9 Å². The maximum absolute atomic E-state index is 12.6. The maximum atomic E-state index is 12.6. The lowest BCUT2D eigenvalue weighted by Crippen LogP contribution is -2.49. The Bertz CT molecular complexity index is 863. The Balaban J connectivity index is 1.78. The van der Waals surface area contributed by atoms with Gasteiger partial charge in [-0.25, -0.2) is 0 Å². The smallest absolute Gasteiger partial charge is 0.243 e. The van der Waals surface area contributed by atoms with Gasteiger partial charge in [-0.1, -0.05) is 41.6 Å². The van der Waals surface area contributed by atoms with Crippen molar-refractivity contribution in [2.75, 3.05) is 11.4 Å². The number of benzene rings is 2. The summed E-state index contributed by atoms with van der Waals surface area (Å²) in [6.07, 6.45) is 0.429. The van der Waals surface area contributed by atoms with E-state index in [1.807, 2.05) is 42.5 Å². The van der Waals surface area contributed by atoms with E-state index in [2.05, 4.69) is 26.4 Å². The molecular weight excluding hydrogens is 398 g/mol. The SMILES string of the molecule is CC(=O)N(c1cccc2ccccc12)[C@@H](C)C(=O)NCC1CC(Br)=NO1. The normalized spacial score (nSPS) is 17.3. The van der Waals surface area contributed by atoms with E-state index in [9.17, 15) is 9.59 Å². The Hall–Kier alpha value is -2.41. The maximum Gasteiger partial charge on any atom is 0.243 e. The van der Waals surface area contributed by atoms with E-state index >= 15 is 0 Å². The second-order valence-electron chi connectivity index (χ2n) is 6.21. The highest BCUT2D eigenvalue weighted by atomic mass is 79.9. The molecular formula is C19H20BrN3O3. The number of hydrogen-bond donors (Lipinski definition) is 1. The second kappa shape index (κ2) is 7.86. The molecule has 0 fully saturated rings. The third-order valence-electron chi connectivity index (χ3n) is 4.33. The Morgan fingerprint density at radius 2 is 2.04 bits per heavy atom. The van der Waals surface area contributed by atoms with E-state index < -0.39 is 6.04 Å². The molecule has 1 N–H and O–H groups in total. The number of hydrogen-bond acceptors (Lipinski definition) is 4. The fourth-order valence-electron chi connectivity index (χ4n) is 3.05. The minimum Gasteiger partial charge on any atom is -0.390 e. The zero-order chi connectivity index (χ0) is 18.7. The van der Waals surface area contributed by atoms with Crippen molar-refractivity contribution < 1.29 is 14.4 Å². The topological polar surface area (TPSA) is 71.0 Å². The molecule has 1 aliphatic rings. The van der Waals surface area contributed by atoms with Crippen LogP contribution in [0.2, 0.25) is 0 Å². The highest BCUT2D eigenvalue weighted by molar-refractivity contribution is 9.18. The molecule has 0 bridgehead atoms. The zero-order valence-corrected chi connectivity index (χ0v) is 16.2. The quantitative estimate of drug-likeness (QED) is 0.811. The largest absolute Gasteiger partial charge is 0.390 e. The molecule has 7 heteroatoms. The van der Waals surface area contributed by atoms with Crippen LogP contribution in [0.25, 0.3) is 10.8 Å². The Morgan fingerprint density at radius 1 is 1.31 bits per heavy atom. The van der Waals surface area contributed by atoms with E-state index in [0.717, 1.165) is 21.1 Å². The van der Waals surface area contributed by atoms with Crippen LogP contribution in [0.5, 0.6) is 0 Å². The number of fused-ring (bicyclic) bond motifs is 1. The summed E-state index contributed by atoms with van der Waals surface area (Å²) < 4.78 is 0.728. The summed E-state index contributed by atoms with van der Waals surface area (Å²) in [5.74, 6) is -0.424. The number of carbonyl (C=O) groups excluding carboxylic acids is 2. The number of nitrogens with zero attached hydrogens (tertiary/aromatic N) is 2. The molecule has 6 nitrogen and oxygen atoms in total. The molecule has 3 rings (SSSR count). The van der Waals surface area contributed by atoms with Crippen molar-refractivity contribution in [2.24, 2.45) is 5.16 Å². The van der Waals surface area contributed by atoms with Crippen molar-refractivity contribution in [3.05, 3.63) is 42.5 Å². The average molecular weight is 418 g/mol. The molecule has 1 aliphatic heterocycles. The van der Waals surface area contributed by atoms with E-state index in [1.54, 1.807) is 6.92 Å². The van der Waals surface area contributed by atoms with Crippen LogP contribution in [-0.2, 0) is 14.4 Å². The van der Waals surface area contributed by atoms with Crippen molar-refractivity contribution in [1.82, 2.24) is 5.32 Å². The minimum atomic E-state index is -0.649. The number of carbonyl (C=O) groups is 2. The lowest BCUT2D eigenvalue weighted by molar-refractivity contribution is -0.125. The van der Waals surface area contributed by atoms with Crippen molar-refractivity contribution in [3.63, 3.8) is 0 Å². The molecule has 0 radical (unpaired) electrons. The summed E-state index contributed by atoms with van der Waals surface area (Å²) in [5.41, 5.74) is 0.724. The number of rotatable bonds is 5. The Morgan fingerprint density at radius 3 is 2.73 bits per heavy atom. The first kappa shape index (κ1) is 18.4. The van der Waals surface area contributed by atoms with Gasteiger partial charge in [0.25, 0.3) is 0 Å². The molecule has 136 valence electrons. The molecule has 1 unspecified atom stereocenters. The number of amides is 2. The average Bonchev–Trinajstić information content (AvgIpc) is 3.05. The van der Waals surface area contributed by atoms with Gasteiger partial charge in [-0.15, -0.1) is 0 Å². The van der Waals surface area contributed by atoms with Gasteiger partial charge in [-0.05, 0) is 34.3 Å². The molecule has 0 saturated carbocycles. The highest BCUT2D eigenvalue weighted by Crippen LogP contribution is 2.28. The van der Waals surface area contributed by atoms with Crippen LogP contribution in [0.1, 0.15) is 20.3 Å². The van der Waals surface area contributed by atoms with Crippen molar-refractivity contribution >= 4 is 48.8 Å². The third kappa shape index (κ3) is 3.88. The summed E-state index contributed by atoms with van der Waals surface area (Å²) >= 11 is 3.27. The van der Waals surface area contributed by atoms with Crippen LogP contribution in [-0.4, -0.2) is 35.1 Å². The van der Waals surface area contributed by atoms with Crippen LogP contribution < -0.4 is 10.2 Å². The number of nitrogens with one attached hydrogen (secondary N) is 1. The summed E-state index contributed by atoms with van der Waals surface area (Å²) in [6, 6.07) is 12.9. The lowest BCUT2D eigenvalue weighted by Gasteiger charge is -2.28. The van der Waals surface area contributed by atoms with E-state index in [1.165, 1.54) is 11.8 Å². The number of anilines is 1. The molecule has 2 amide bonds. The van der Waals surface area contributed by atoms with Gasteiger partial charge in [0.05, 0.1) is 12.2 Å². The van der Waals surface area contributed by atoms with Crippen LogP contribution in [0, 0.1) is 0 Å². The first-order chi connectivity index (χ1) is 12.5. The van der Waals surface area contributed by atoms with E-state index in [4.69, 9.17) is 4.84 Å². The van der Waals surface area contributed by atoms with Crippen LogP contribution in [0.4, 0.5) is 5.69 Å². The molecule has 0 aliphatic carbocycles. The summed E-state index contributed by atoms with van der Waals surface area (Å²) in [6.45, 7) is 3.53. The van der Waals surface area contributed by atoms with Gasteiger partial charge in [0.2, 0.25) is 11.8 Å². The molecule has 1 heterocycles. The minimum absolute atomic E-state index is 0.188. The predicted octanol–water partition coefficient (Wildman–Crippen LogP) is 3.19. The summed E-state index contributed by atoms with van der Waals surface area (Å²) in [4.78, 5) is 31.7. The number of halogens is 1. The lowest BCUT2D eigenvalue weighted by atomic mass is 10.1. The first-order valence-electron chi connectivity index (χ1n) is 8.41. The van der Waals surface area contributed by atoms with Gasteiger partial charge in [0, 0.05) is 18.7 Å². The van der Waals surface area contributed by atoms with Gasteiger partial charge in [-0.3, -0.25) is 14.5 Å². The fraction of sp³-hybridized carbons (Fsp3) is 0.316. The molecule has 2 atom stereocenters. The highest BCUT2D eigenvalue weighted by Gasteiger charge is 2.27. The molecule has 0 aromatic heterocycles. The van der Waals surface area contributed by atoms with Crippen LogP contribution >= 0.6 is 15.9 Å². The molecule has 0 spiro atoms. The second-order valence-corrected chi connectivity index (χ2v) is 7.12. The zero-order valence-electron chi connectivity index (χ0n) is 14.6. The van der Waals surface area contributed by atoms with Gasteiger partial charge in [0.1, 0.15) is 10.7 Å². The Kier molecular flexibility index (Phi) is 5.56. The fourth-order valence-corrected chi connectivity index (χ4v) is 3.50. The number of oxime groups is 1. The summed E-state index contributed by atoms with van der Waals surface area (Å²) in [7, 11) is 0. The molecule has 26 heavy (non-hydrogen) atoms. The monoisotopic (exact) mass is 417 g/mol. The van der Waals surface area contributed by atoms with E-state index in [0.29, 0.717) is 13.0 Å². The van der Waals surface area contributed by atoms with Crippen molar-refractivity contribution in [2.45, 2.75) is 32.4 Å². The van der Waals surface area contributed by atoms with Gasteiger partial charge in [-0.2, -0.15) is 0 Å². The van der Waals surface area contributed by atoms with Crippen LogP contribution in [0.3, 0.4) is 0 Å². The van der Waals surface area contributed by atoms with Crippen molar-refractivity contribution in [1.29, 1.82) is 0 Å². The first-order valence-corrected chi connectivity index (χ1v) is 9.20. The molecule has 2 aromatic carbocycles. The molecule has 0 saturated heterocycles. The molecule has 2 aromatic rings. The van der Waals surface area contributed by atoms with Gasteiger partial charge >= 0.3 is 0 Å². The third-order valence-corrected chi connectivity index (χ3v) is 4.80. The standard InChI is InChI=1S/C19H20BrN3O3/c1-12(19(25)21-11-15-10-18(20)22-26-15)23(13(2)24)17-9-5-7-14-6-3-4-8-16(14)17/h3-9,12,15H,10-11H2,1-2H3,(H,21,25)/t12-,15?/m0/s1.